The molecule has 0 aliphatic heterocycles. The highest BCUT2D eigenvalue weighted by Gasteiger charge is 2.11. The van der Waals surface area contributed by atoms with E-state index < -0.39 is 0 Å². The van der Waals surface area contributed by atoms with Crippen LogP contribution in [0.3, 0.4) is 0 Å². The van der Waals surface area contributed by atoms with Crippen molar-refractivity contribution >= 4 is 27.8 Å². The molecule has 2 rings (SSSR count). The Kier molecular flexibility index (Phi) is 3.52. The minimum absolute atomic E-state index is 0.0635. The first-order valence-corrected chi connectivity index (χ1v) is 6.62. The van der Waals surface area contributed by atoms with E-state index in [1.807, 2.05) is 29.8 Å². The number of rotatable bonds is 4. The number of anilines is 1. The zero-order valence-electron chi connectivity index (χ0n) is 9.17. The second-order valence-corrected chi connectivity index (χ2v) is 5.28. The Balaban J connectivity index is 2.11. The highest BCUT2D eigenvalue weighted by Crippen LogP contribution is 2.26. The summed E-state index contributed by atoms with van der Waals surface area (Å²) < 4.78 is 0. The van der Waals surface area contributed by atoms with Crippen LogP contribution in [0.4, 0.5) is 5.13 Å². The Morgan fingerprint density at radius 3 is 2.88 bits per heavy atom. The molecule has 2 aromatic heterocycles. The van der Waals surface area contributed by atoms with Crippen LogP contribution in [0.5, 0.6) is 0 Å². The Morgan fingerprint density at radius 2 is 2.31 bits per heavy atom. The van der Waals surface area contributed by atoms with E-state index in [1.54, 1.807) is 11.3 Å². The van der Waals surface area contributed by atoms with Gasteiger partial charge in [-0.3, -0.25) is 0 Å². The third-order valence-corrected chi connectivity index (χ3v) is 4.13. The molecule has 0 spiro atoms. The molecule has 0 saturated heterocycles. The number of hydrogen-bond donors (Lipinski definition) is 1. The van der Waals surface area contributed by atoms with E-state index in [-0.39, 0.29) is 6.61 Å². The van der Waals surface area contributed by atoms with Crippen molar-refractivity contribution in [1.29, 1.82) is 0 Å². The third kappa shape index (κ3) is 2.40. The lowest BCUT2D eigenvalue weighted by molar-refractivity contribution is 0.284. The summed E-state index contributed by atoms with van der Waals surface area (Å²) in [6.45, 7) is 2.73. The predicted molar refractivity (Wildman–Crippen MR) is 67.0 cm³/mol. The van der Waals surface area contributed by atoms with Crippen LogP contribution in [0.1, 0.15) is 16.3 Å². The van der Waals surface area contributed by atoms with Crippen LogP contribution in [-0.2, 0) is 13.2 Å². The van der Waals surface area contributed by atoms with Gasteiger partial charge in [-0.2, -0.15) is 0 Å². The van der Waals surface area contributed by atoms with E-state index in [9.17, 15) is 0 Å². The summed E-state index contributed by atoms with van der Waals surface area (Å²) in [6, 6.07) is 0. The molecule has 86 valence electrons. The minimum atomic E-state index is 0.0635. The maximum absolute atomic E-state index is 9.11. The van der Waals surface area contributed by atoms with Gasteiger partial charge in [-0.25, -0.2) is 9.97 Å². The monoisotopic (exact) mass is 255 g/mol. The molecular formula is C10H13N3OS2. The lowest BCUT2D eigenvalue weighted by atomic mass is 10.4. The number of aliphatic hydroxyl groups excluding tert-OH is 1. The van der Waals surface area contributed by atoms with Gasteiger partial charge in [0.05, 0.1) is 34.9 Å². The van der Waals surface area contributed by atoms with Crippen molar-refractivity contribution in [2.45, 2.75) is 20.1 Å². The summed E-state index contributed by atoms with van der Waals surface area (Å²) in [6.07, 6.45) is 0. The van der Waals surface area contributed by atoms with Crippen molar-refractivity contribution in [2.24, 2.45) is 0 Å². The van der Waals surface area contributed by atoms with E-state index in [0.717, 1.165) is 27.9 Å². The highest BCUT2D eigenvalue weighted by molar-refractivity contribution is 7.15. The molecule has 0 fully saturated rings. The van der Waals surface area contributed by atoms with Crippen molar-refractivity contribution in [3.63, 3.8) is 0 Å². The van der Waals surface area contributed by atoms with Crippen LogP contribution in [0.25, 0.3) is 0 Å². The predicted octanol–water partition coefficient (Wildman–Crippen LogP) is 2.04. The van der Waals surface area contributed by atoms with Gasteiger partial charge >= 0.3 is 0 Å². The van der Waals surface area contributed by atoms with Crippen molar-refractivity contribution in [3.05, 3.63) is 27.2 Å². The second-order valence-electron chi connectivity index (χ2n) is 3.50. The molecule has 6 heteroatoms. The summed E-state index contributed by atoms with van der Waals surface area (Å²) in [5, 5.41) is 12.1. The SMILES string of the molecule is Cc1nc(N(C)Cc2cscn2)sc1CO. The Morgan fingerprint density at radius 1 is 1.50 bits per heavy atom. The topological polar surface area (TPSA) is 49.2 Å². The van der Waals surface area contributed by atoms with Crippen LogP contribution in [0.15, 0.2) is 10.9 Å². The van der Waals surface area contributed by atoms with Crippen molar-refractivity contribution < 1.29 is 5.11 Å². The number of nitrogens with zero attached hydrogens (tertiary/aromatic N) is 3. The zero-order valence-corrected chi connectivity index (χ0v) is 10.8. The van der Waals surface area contributed by atoms with Crippen LogP contribution >= 0.6 is 22.7 Å². The second kappa shape index (κ2) is 4.90. The lowest BCUT2D eigenvalue weighted by Gasteiger charge is -2.13. The van der Waals surface area contributed by atoms with Crippen LogP contribution in [0, 0.1) is 6.92 Å². The molecule has 0 amide bonds. The van der Waals surface area contributed by atoms with E-state index in [2.05, 4.69) is 9.97 Å². The number of thiazole rings is 2. The minimum Gasteiger partial charge on any atom is -0.391 e. The first kappa shape index (κ1) is 11.5. The maximum Gasteiger partial charge on any atom is 0.185 e. The van der Waals surface area contributed by atoms with Crippen LogP contribution < -0.4 is 4.90 Å². The smallest absolute Gasteiger partial charge is 0.185 e. The Bertz CT molecular complexity index is 453. The van der Waals surface area contributed by atoms with Gasteiger partial charge < -0.3 is 10.0 Å². The first-order valence-electron chi connectivity index (χ1n) is 4.86. The lowest BCUT2D eigenvalue weighted by Crippen LogP contribution is -2.16. The van der Waals surface area contributed by atoms with Crippen LogP contribution in [0.2, 0.25) is 0 Å². The number of aliphatic hydroxyl groups is 1. The standard InChI is InChI=1S/C10H13N3OS2/c1-7-9(4-14)16-10(12-7)13(2)3-8-5-15-6-11-8/h5-6,14H,3-4H2,1-2H3. The molecular weight excluding hydrogens is 242 g/mol. The molecule has 0 aliphatic carbocycles. The van der Waals surface area contributed by atoms with Gasteiger partial charge in [0.1, 0.15) is 0 Å². The summed E-state index contributed by atoms with van der Waals surface area (Å²) >= 11 is 3.12. The average molecular weight is 255 g/mol. The van der Waals surface area contributed by atoms with Gasteiger partial charge in [-0.15, -0.1) is 11.3 Å². The molecule has 0 aliphatic rings. The van der Waals surface area contributed by atoms with Gasteiger partial charge in [0.2, 0.25) is 0 Å². The van der Waals surface area contributed by atoms with Gasteiger partial charge in [0.15, 0.2) is 5.13 Å². The largest absolute Gasteiger partial charge is 0.391 e. The molecule has 2 heterocycles. The highest BCUT2D eigenvalue weighted by atomic mass is 32.1. The van der Waals surface area contributed by atoms with Gasteiger partial charge in [0, 0.05) is 12.4 Å². The molecule has 1 N–H and O–H groups in total. The van der Waals surface area contributed by atoms with Gasteiger partial charge in [-0.1, -0.05) is 11.3 Å². The third-order valence-electron chi connectivity index (χ3n) is 2.23. The quantitative estimate of drug-likeness (QED) is 0.908. The Hall–Kier alpha value is -0.980. The first-order chi connectivity index (χ1) is 7.70. The molecule has 0 unspecified atom stereocenters. The average Bonchev–Trinajstić information content (AvgIpc) is 2.87. The fraction of sp³-hybridized carbons (Fsp3) is 0.400. The number of hydrogen-bond acceptors (Lipinski definition) is 6. The Labute approximate surface area is 102 Å². The normalized spacial score (nSPS) is 10.7. The molecule has 0 saturated carbocycles. The zero-order chi connectivity index (χ0) is 11.5. The van der Waals surface area contributed by atoms with Gasteiger partial charge in [0.25, 0.3) is 0 Å². The molecule has 0 aromatic carbocycles. The van der Waals surface area contributed by atoms with Crippen molar-refractivity contribution in [3.8, 4) is 0 Å². The summed E-state index contributed by atoms with van der Waals surface area (Å²) in [7, 11) is 1.98. The molecule has 0 bridgehead atoms. The van der Waals surface area contributed by atoms with E-state index >= 15 is 0 Å². The summed E-state index contributed by atoms with van der Waals surface area (Å²) in [4.78, 5) is 11.6. The molecule has 4 nitrogen and oxygen atoms in total. The number of aromatic nitrogens is 2. The van der Waals surface area contributed by atoms with Crippen molar-refractivity contribution in [2.75, 3.05) is 11.9 Å². The van der Waals surface area contributed by atoms with E-state index in [0.29, 0.717) is 0 Å². The maximum atomic E-state index is 9.11. The molecule has 0 radical (unpaired) electrons. The van der Waals surface area contributed by atoms with Crippen molar-refractivity contribution in [1.82, 2.24) is 9.97 Å². The molecule has 0 atom stereocenters. The van der Waals surface area contributed by atoms with E-state index in [1.165, 1.54) is 11.3 Å². The van der Waals surface area contributed by atoms with Gasteiger partial charge in [-0.05, 0) is 6.92 Å². The molecule has 2 aromatic rings. The summed E-state index contributed by atoms with van der Waals surface area (Å²) in [5.41, 5.74) is 3.79. The number of aryl methyl sites for hydroxylation is 1. The van der Waals surface area contributed by atoms with Crippen LogP contribution in [-0.4, -0.2) is 22.1 Å². The molecule has 16 heavy (non-hydrogen) atoms. The fourth-order valence-electron chi connectivity index (χ4n) is 1.35. The summed E-state index contributed by atoms with van der Waals surface area (Å²) in [5.74, 6) is 0. The van der Waals surface area contributed by atoms with E-state index in [4.69, 9.17) is 5.11 Å². The fourth-order valence-corrected chi connectivity index (χ4v) is 2.78.